The zero-order valence-electron chi connectivity index (χ0n) is 12.7. The molecule has 0 spiro atoms. The molecule has 116 valence electrons. The average molecular weight is 299 g/mol. The van der Waals surface area contributed by atoms with Crippen LogP contribution in [0.15, 0.2) is 47.1 Å². The molecule has 1 fully saturated rings. The van der Waals surface area contributed by atoms with Crippen molar-refractivity contribution < 1.29 is 14.3 Å². The van der Waals surface area contributed by atoms with E-state index in [4.69, 9.17) is 4.42 Å². The van der Waals surface area contributed by atoms with Gasteiger partial charge in [-0.1, -0.05) is 19.1 Å². The number of hydrogen-bond donors (Lipinski definition) is 2. The van der Waals surface area contributed by atoms with E-state index in [-0.39, 0.29) is 18.1 Å². The Labute approximate surface area is 130 Å². The fraction of sp³-hybridized carbons (Fsp3) is 0.389. The first kappa shape index (κ1) is 14.9. The summed E-state index contributed by atoms with van der Waals surface area (Å²) in [6, 6.07) is 11.3. The second kappa shape index (κ2) is 6.36. The van der Waals surface area contributed by atoms with E-state index in [0.29, 0.717) is 11.5 Å². The first-order valence-electron chi connectivity index (χ1n) is 7.80. The predicted molar refractivity (Wildman–Crippen MR) is 84.4 cm³/mol. The maximum absolute atomic E-state index is 12.3. The zero-order valence-corrected chi connectivity index (χ0v) is 12.7. The van der Waals surface area contributed by atoms with Crippen molar-refractivity contribution in [3.63, 3.8) is 0 Å². The Balaban J connectivity index is 1.64. The molecule has 0 radical (unpaired) electrons. The van der Waals surface area contributed by atoms with E-state index in [1.165, 1.54) is 0 Å². The van der Waals surface area contributed by atoms with Crippen molar-refractivity contribution in [3.05, 3.63) is 48.2 Å². The van der Waals surface area contributed by atoms with E-state index >= 15 is 0 Å². The Bertz CT molecular complexity index is 612. The third-order valence-corrected chi connectivity index (χ3v) is 4.43. The van der Waals surface area contributed by atoms with Gasteiger partial charge in [0.25, 0.3) is 5.91 Å². The van der Waals surface area contributed by atoms with Gasteiger partial charge in [0.1, 0.15) is 5.76 Å². The number of furan rings is 1. The molecule has 1 aromatic carbocycles. The molecule has 3 rings (SSSR count). The molecule has 0 bridgehead atoms. The quantitative estimate of drug-likeness (QED) is 0.891. The van der Waals surface area contributed by atoms with Crippen molar-refractivity contribution in [2.24, 2.45) is 5.92 Å². The maximum atomic E-state index is 12.3. The molecule has 0 aliphatic heterocycles. The lowest BCUT2D eigenvalue weighted by Crippen LogP contribution is -2.46. The van der Waals surface area contributed by atoms with Crippen molar-refractivity contribution in [2.45, 2.75) is 38.3 Å². The first-order chi connectivity index (χ1) is 10.7. The van der Waals surface area contributed by atoms with E-state index in [1.54, 1.807) is 6.26 Å². The molecule has 1 saturated carbocycles. The number of hydrogen-bond acceptors (Lipinski definition) is 3. The van der Waals surface area contributed by atoms with Crippen molar-refractivity contribution in [1.82, 2.24) is 5.32 Å². The standard InChI is InChI=1S/C18H21NO3/c1-2-16(14-10-15(20)11-14)19-18(21)13-7-5-12(6-8-13)17-4-3-9-22-17/h3-9,14-16,20H,2,10-11H2,1H3,(H,19,21). The van der Waals surface area contributed by atoms with Gasteiger partial charge in [0.05, 0.1) is 12.4 Å². The molecule has 1 aliphatic carbocycles. The van der Waals surface area contributed by atoms with Crippen molar-refractivity contribution >= 4 is 5.91 Å². The molecule has 1 amide bonds. The predicted octanol–water partition coefficient (Wildman–Crippen LogP) is 3.23. The van der Waals surface area contributed by atoms with Crippen LogP contribution in [0.2, 0.25) is 0 Å². The Morgan fingerprint density at radius 2 is 2.05 bits per heavy atom. The van der Waals surface area contributed by atoms with Crippen LogP contribution in [0, 0.1) is 5.92 Å². The van der Waals surface area contributed by atoms with Gasteiger partial charge in [-0.05, 0) is 49.4 Å². The van der Waals surface area contributed by atoms with E-state index in [2.05, 4.69) is 12.2 Å². The number of aliphatic hydroxyl groups is 1. The minimum absolute atomic E-state index is 0.0563. The number of nitrogens with one attached hydrogen (secondary N) is 1. The highest BCUT2D eigenvalue weighted by atomic mass is 16.3. The van der Waals surface area contributed by atoms with Crippen LogP contribution in [0.3, 0.4) is 0 Å². The van der Waals surface area contributed by atoms with Crippen LogP contribution in [0.1, 0.15) is 36.5 Å². The molecule has 2 aromatic rings. The van der Waals surface area contributed by atoms with Crippen LogP contribution in [-0.4, -0.2) is 23.2 Å². The molecule has 1 aromatic heterocycles. The van der Waals surface area contributed by atoms with Crippen LogP contribution in [0.4, 0.5) is 0 Å². The van der Waals surface area contributed by atoms with Gasteiger partial charge in [-0.3, -0.25) is 4.79 Å². The zero-order chi connectivity index (χ0) is 15.5. The van der Waals surface area contributed by atoms with Gasteiger partial charge in [0, 0.05) is 17.2 Å². The summed E-state index contributed by atoms with van der Waals surface area (Å²) in [5.41, 5.74) is 1.60. The van der Waals surface area contributed by atoms with Gasteiger partial charge in [-0.25, -0.2) is 0 Å². The fourth-order valence-corrected chi connectivity index (χ4v) is 2.99. The van der Waals surface area contributed by atoms with Crippen molar-refractivity contribution in [3.8, 4) is 11.3 Å². The van der Waals surface area contributed by atoms with Crippen LogP contribution < -0.4 is 5.32 Å². The third-order valence-electron chi connectivity index (χ3n) is 4.43. The van der Waals surface area contributed by atoms with Gasteiger partial charge in [0.2, 0.25) is 0 Å². The van der Waals surface area contributed by atoms with Gasteiger partial charge >= 0.3 is 0 Å². The molecule has 1 aliphatic rings. The molecule has 1 atom stereocenters. The Morgan fingerprint density at radius 3 is 2.59 bits per heavy atom. The summed E-state index contributed by atoms with van der Waals surface area (Å²) in [6.07, 6.45) is 3.90. The minimum atomic E-state index is -0.191. The highest BCUT2D eigenvalue weighted by Crippen LogP contribution is 2.31. The number of carbonyl (C=O) groups excluding carboxylic acids is 1. The van der Waals surface area contributed by atoms with Crippen LogP contribution in [-0.2, 0) is 0 Å². The van der Waals surface area contributed by atoms with Crippen LogP contribution >= 0.6 is 0 Å². The summed E-state index contributed by atoms with van der Waals surface area (Å²) < 4.78 is 5.34. The van der Waals surface area contributed by atoms with Crippen molar-refractivity contribution in [2.75, 3.05) is 0 Å². The fourth-order valence-electron chi connectivity index (χ4n) is 2.99. The molecular weight excluding hydrogens is 278 g/mol. The SMILES string of the molecule is CCC(NC(=O)c1ccc(-c2ccco2)cc1)C1CC(O)C1. The number of rotatable bonds is 5. The second-order valence-electron chi connectivity index (χ2n) is 5.93. The first-order valence-corrected chi connectivity index (χ1v) is 7.80. The highest BCUT2D eigenvalue weighted by molar-refractivity contribution is 5.94. The Hall–Kier alpha value is -2.07. The molecule has 2 N–H and O–H groups in total. The molecule has 4 heteroatoms. The summed E-state index contributed by atoms with van der Waals surface area (Å²) in [7, 11) is 0. The second-order valence-corrected chi connectivity index (χ2v) is 5.93. The minimum Gasteiger partial charge on any atom is -0.464 e. The van der Waals surface area contributed by atoms with Crippen LogP contribution in [0.25, 0.3) is 11.3 Å². The molecule has 1 heterocycles. The average Bonchev–Trinajstić information content (AvgIpc) is 3.04. The van der Waals surface area contributed by atoms with Crippen LogP contribution in [0.5, 0.6) is 0 Å². The number of amides is 1. The third kappa shape index (κ3) is 3.07. The number of aliphatic hydroxyl groups excluding tert-OH is 1. The smallest absolute Gasteiger partial charge is 0.251 e. The summed E-state index contributed by atoms with van der Waals surface area (Å²) in [4.78, 5) is 12.3. The topological polar surface area (TPSA) is 62.5 Å². The number of benzene rings is 1. The molecule has 1 unspecified atom stereocenters. The lowest BCUT2D eigenvalue weighted by molar-refractivity contribution is 0.0232. The largest absolute Gasteiger partial charge is 0.464 e. The molecule has 22 heavy (non-hydrogen) atoms. The maximum Gasteiger partial charge on any atom is 0.251 e. The van der Waals surface area contributed by atoms with Gasteiger partial charge < -0.3 is 14.8 Å². The van der Waals surface area contributed by atoms with E-state index in [1.807, 2.05) is 36.4 Å². The molecular formula is C18H21NO3. The van der Waals surface area contributed by atoms with E-state index < -0.39 is 0 Å². The monoisotopic (exact) mass is 299 g/mol. The summed E-state index contributed by atoms with van der Waals surface area (Å²) in [5.74, 6) is 1.13. The normalized spacial score (nSPS) is 21.9. The Kier molecular flexibility index (Phi) is 4.29. The molecule has 4 nitrogen and oxygen atoms in total. The lowest BCUT2D eigenvalue weighted by Gasteiger charge is -2.37. The Morgan fingerprint density at radius 1 is 1.32 bits per heavy atom. The summed E-state index contributed by atoms with van der Waals surface area (Å²) in [6.45, 7) is 2.07. The van der Waals surface area contributed by atoms with E-state index in [0.717, 1.165) is 30.6 Å². The highest BCUT2D eigenvalue weighted by Gasteiger charge is 2.33. The van der Waals surface area contributed by atoms with Gasteiger partial charge in [0.15, 0.2) is 0 Å². The van der Waals surface area contributed by atoms with Gasteiger partial charge in [-0.15, -0.1) is 0 Å². The van der Waals surface area contributed by atoms with E-state index in [9.17, 15) is 9.90 Å². The number of carbonyl (C=O) groups is 1. The van der Waals surface area contributed by atoms with Crippen molar-refractivity contribution in [1.29, 1.82) is 0 Å². The molecule has 0 saturated heterocycles. The lowest BCUT2D eigenvalue weighted by atomic mass is 9.76. The van der Waals surface area contributed by atoms with Gasteiger partial charge in [-0.2, -0.15) is 0 Å². The summed E-state index contributed by atoms with van der Waals surface area (Å²) in [5, 5.41) is 12.5. The summed E-state index contributed by atoms with van der Waals surface area (Å²) >= 11 is 0.